The summed E-state index contributed by atoms with van der Waals surface area (Å²) in [5.41, 5.74) is 4.17. The zero-order chi connectivity index (χ0) is 16.9. The lowest BCUT2D eigenvalue weighted by molar-refractivity contribution is -0.121. The molecule has 0 saturated heterocycles. The maximum Gasteiger partial charge on any atom is 0.220 e. The molecule has 0 aliphatic heterocycles. The normalized spacial score (nSPS) is 10.8. The number of imidazole rings is 1. The van der Waals surface area contributed by atoms with Gasteiger partial charge < -0.3 is 15.2 Å². The molecule has 0 unspecified atom stereocenters. The van der Waals surface area contributed by atoms with Gasteiger partial charge in [0.15, 0.2) is 0 Å². The predicted octanol–water partition coefficient (Wildman–Crippen LogP) is 2.88. The van der Waals surface area contributed by atoms with Crippen LogP contribution in [0.5, 0.6) is 0 Å². The molecule has 2 aromatic carbocycles. The summed E-state index contributed by atoms with van der Waals surface area (Å²) in [4.78, 5) is 21.8. The molecule has 5 nitrogen and oxygen atoms in total. The number of aromatic nitrogens is 2. The molecule has 1 heterocycles. The van der Waals surface area contributed by atoms with Crippen molar-refractivity contribution in [2.24, 2.45) is 0 Å². The van der Waals surface area contributed by atoms with Crippen molar-refractivity contribution in [3.63, 3.8) is 0 Å². The van der Waals surface area contributed by atoms with Gasteiger partial charge in [-0.15, -0.1) is 0 Å². The lowest BCUT2D eigenvalue weighted by atomic mass is 10.2. The van der Waals surface area contributed by atoms with Crippen molar-refractivity contribution in [2.45, 2.75) is 19.4 Å². The second-order valence-electron chi connectivity index (χ2n) is 6.04. The summed E-state index contributed by atoms with van der Waals surface area (Å²) >= 11 is 0. The molecule has 0 atom stereocenters. The average molecular weight is 322 g/mol. The van der Waals surface area contributed by atoms with Gasteiger partial charge in [-0.05, 0) is 29.8 Å². The third-order valence-electron chi connectivity index (χ3n) is 3.94. The number of nitrogens with one attached hydrogen (secondary N) is 2. The molecule has 0 bridgehead atoms. The van der Waals surface area contributed by atoms with Crippen molar-refractivity contribution in [1.82, 2.24) is 15.3 Å². The van der Waals surface area contributed by atoms with E-state index in [0.29, 0.717) is 19.4 Å². The van der Waals surface area contributed by atoms with Crippen LogP contribution in [-0.2, 0) is 17.8 Å². The van der Waals surface area contributed by atoms with E-state index in [1.165, 1.54) is 0 Å². The largest absolute Gasteiger partial charge is 0.378 e. The first-order chi connectivity index (χ1) is 11.6. The number of carbonyl (C=O) groups is 1. The van der Waals surface area contributed by atoms with Crippen LogP contribution in [0.2, 0.25) is 0 Å². The van der Waals surface area contributed by atoms with E-state index in [2.05, 4.69) is 21.4 Å². The van der Waals surface area contributed by atoms with Gasteiger partial charge in [-0.25, -0.2) is 4.98 Å². The van der Waals surface area contributed by atoms with E-state index in [0.717, 1.165) is 28.1 Å². The Bertz CT molecular complexity index is 805. The number of rotatable bonds is 6. The molecule has 24 heavy (non-hydrogen) atoms. The molecule has 2 N–H and O–H groups in total. The number of amides is 1. The summed E-state index contributed by atoms with van der Waals surface area (Å²) in [5.74, 6) is 0.881. The number of hydrogen-bond donors (Lipinski definition) is 2. The van der Waals surface area contributed by atoms with Crippen LogP contribution in [0.4, 0.5) is 5.69 Å². The molecular formula is C19H22N4O. The lowest BCUT2D eigenvalue weighted by Crippen LogP contribution is -2.23. The van der Waals surface area contributed by atoms with E-state index in [1.807, 2.05) is 61.5 Å². The number of H-pyrrole nitrogens is 1. The number of aryl methyl sites for hydroxylation is 1. The second kappa shape index (κ2) is 7.17. The van der Waals surface area contributed by atoms with E-state index in [-0.39, 0.29) is 5.91 Å². The van der Waals surface area contributed by atoms with Crippen LogP contribution in [0.15, 0.2) is 48.5 Å². The fraction of sp³-hybridized carbons (Fsp3) is 0.263. The highest BCUT2D eigenvalue weighted by Crippen LogP contribution is 2.13. The van der Waals surface area contributed by atoms with Crippen LogP contribution < -0.4 is 10.2 Å². The number of benzene rings is 2. The average Bonchev–Trinajstić information content (AvgIpc) is 3.01. The van der Waals surface area contributed by atoms with Gasteiger partial charge in [0.2, 0.25) is 5.91 Å². The lowest BCUT2D eigenvalue weighted by Gasteiger charge is -2.13. The molecular weight excluding hydrogens is 300 g/mol. The van der Waals surface area contributed by atoms with Gasteiger partial charge in [-0.1, -0.05) is 24.3 Å². The molecule has 0 aliphatic rings. The number of carbonyl (C=O) groups excluding carboxylic acids is 1. The third kappa shape index (κ3) is 3.93. The maximum atomic E-state index is 12.1. The Balaban J connectivity index is 1.51. The number of fused-ring (bicyclic) bond motifs is 1. The van der Waals surface area contributed by atoms with Crippen molar-refractivity contribution in [3.8, 4) is 0 Å². The molecule has 0 fully saturated rings. The van der Waals surface area contributed by atoms with Crippen LogP contribution in [0.25, 0.3) is 11.0 Å². The van der Waals surface area contributed by atoms with Gasteiger partial charge >= 0.3 is 0 Å². The highest BCUT2D eigenvalue weighted by Gasteiger charge is 2.06. The molecule has 0 aliphatic carbocycles. The number of para-hydroxylation sites is 2. The quantitative estimate of drug-likeness (QED) is 0.733. The number of nitrogens with zero attached hydrogens (tertiary/aromatic N) is 2. The van der Waals surface area contributed by atoms with Gasteiger partial charge in [0.25, 0.3) is 0 Å². The van der Waals surface area contributed by atoms with Gasteiger partial charge in [0.1, 0.15) is 5.82 Å². The first-order valence-corrected chi connectivity index (χ1v) is 8.08. The predicted molar refractivity (Wildman–Crippen MR) is 97.0 cm³/mol. The number of hydrogen-bond acceptors (Lipinski definition) is 3. The van der Waals surface area contributed by atoms with Gasteiger partial charge in [0.05, 0.1) is 11.0 Å². The molecule has 0 saturated carbocycles. The second-order valence-corrected chi connectivity index (χ2v) is 6.04. The summed E-state index contributed by atoms with van der Waals surface area (Å²) in [6.45, 7) is 0.542. The fourth-order valence-electron chi connectivity index (χ4n) is 2.59. The van der Waals surface area contributed by atoms with Crippen LogP contribution in [0.3, 0.4) is 0 Å². The monoisotopic (exact) mass is 322 g/mol. The summed E-state index contributed by atoms with van der Waals surface area (Å²) in [7, 11) is 4.01. The van der Waals surface area contributed by atoms with E-state index in [9.17, 15) is 4.79 Å². The summed E-state index contributed by atoms with van der Waals surface area (Å²) in [6.07, 6.45) is 1.03. The molecule has 3 aromatic rings. The van der Waals surface area contributed by atoms with Crippen molar-refractivity contribution in [3.05, 3.63) is 59.9 Å². The van der Waals surface area contributed by atoms with Crippen LogP contribution in [0, 0.1) is 0 Å². The SMILES string of the molecule is CN(C)c1cccc(CNC(=O)CCc2nc3ccccc3[nH]2)c1. The van der Waals surface area contributed by atoms with Crippen LogP contribution >= 0.6 is 0 Å². The maximum absolute atomic E-state index is 12.1. The highest BCUT2D eigenvalue weighted by atomic mass is 16.1. The molecule has 124 valence electrons. The van der Waals surface area contributed by atoms with E-state index in [1.54, 1.807) is 0 Å². The standard InChI is InChI=1S/C19H22N4O/c1-23(2)15-7-5-6-14(12-15)13-20-19(24)11-10-18-21-16-8-3-4-9-17(16)22-18/h3-9,12H,10-11,13H2,1-2H3,(H,20,24)(H,21,22). The van der Waals surface area contributed by atoms with E-state index >= 15 is 0 Å². The molecule has 5 heteroatoms. The third-order valence-corrected chi connectivity index (χ3v) is 3.94. The van der Waals surface area contributed by atoms with Crippen molar-refractivity contribution in [2.75, 3.05) is 19.0 Å². The first-order valence-electron chi connectivity index (χ1n) is 8.08. The summed E-state index contributed by atoms with van der Waals surface area (Å²) in [5, 5.41) is 2.97. The van der Waals surface area contributed by atoms with Crippen molar-refractivity contribution >= 4 is 22.6 Å². The molecule has 1 amide bonds. The first kappa shape index (κ1) is 16.1. The summed E-state index contributed by atoms with van der Waals surface area (Å²) < 4.78 is 0. The van der Waals surface area contributed by atoms with Gasteiger partial charge in [-0.2, -0.15) is 0 Å². The summed E-state index contributed by atoms with van der Waals surface area (Å²) in [6, 6.07) is 16.0. The molecule has 0 spiro atoms. The van der Waals surface area contributed by atoms with Crippen molar-refractivity contribution < 1.29 is 4.79 Å². The number of aromatic amines is 1. The van der Waals surface area contributed by atoms with E-state index < -0.39 is 0 Å². The minimum atomic E-state index is 0.0331. The zero-order valence-corrected chi connectivity index (χ0v) is 14.0. The van der Waals surface area contributed by atoms with Crippen molar-refractivity contribution in [1.29, 1.82) is 0 Å². The van der Waals surface area contributed by atoms with E-state index in [4.69, 9.17) is 0 Å². The minimum Gasteiger partial charge on any atom is -0.378 e. The topological polar surface area (TPSA) is 61.0 Å². The Morgan fingerprint density at radius 3 is 2.79 bits per heavy atom. The Morgan fingerprint density at radius 1 is 1.17 bits per heavy atom. The fourth-order valence-corrected chi connectivity index (χ4v) is 2.59. The number of anilines is 1. The molecule has 1 aromatic heterocycles. The van der Waals surface area contributed by atoms with Crippen LogP contribution in [-0.4, -0.2) is 30.0 Å². The smallest absolute Gasteiger partial charge is 0.220 e. The Morgan fingerprint density at radius 2 is 2.00 bits per heavy atom. The molecule has 0 radical (unpaired) electrons. The highest BCUT2D eigenvalue weighted by molar-refractivity contribution is 5.77. The minimum absolute atomic E-state index is 0.0331. The Kier molecular flexibility index (Phi) is 4.79. The van der Waals surface area contributed by atoms with Gasteiger partial charge in [0, 0.05) is 39.2 Å². The van der Waals surface area contributed by atoms with Gasteiger partial charge in [-0.3, -0.25) is 4.79 Å². The van der Waals surface area contributed by atoms with Crippen LogP contribution in [0.1, 0.15) is 17.8 Å². The Labute approximate surface area is 141 Å². The molecule has 3 rings (SSSR count). The Hall–Kier alpha value is -2.82. The zero-order valence-electron chi connectivity index (χ0n) is 14.0.